The van der Waals surface area contributed by atoms with Crippen molar-refractivity contribution in [2.45, 2.75) is 27.7 Å². The third-order valence-electron chi connectivity index (χ3n) is 2.85. The summed E-state index contributed by atoms with van der Waals surface area (Å²) in [5.74, 6) is 0. The fourth-order valence-electron chi connectivity index (χ4n) is 1.74. The molecule has 0 atom stereocenters. The van der Waals surface area contributed by atoms with Gasteiger partial charge in [0.2, 0.25) is 4.38 Å². The first-order valence-corrected chi connectivity index (χ1v) is 9.47. The number of hydrogen-bond acceptors (Lipinski definition) is 5. The Morgan fingerprint density at radius 3 is 2.30 bits per heavy atom. The van der Waals surface area contributed by atoms with E-state index in [4.69, 9.17) is 16.7 Å². The van der Waals surface area contributed by atoms with Crippen LogP contribution in [0.3, 0.4) is 0 Å². The molecule has 0 heterocycles. The molecule has 0 fully saturated rings. The second-order valence-corrected chi connectivity index (χ2v) is 8.40. The molecule has 0 bridgehead atoms. The largest absolute Gasteiger partial charge is 0.269 e. The maximum atomic E-state index is 11.4. The van der Waals surface area contributed by atoms with Crippen molar-refractivity contribution in [1.29, 1.82) is 0 Å². The first kappa shape index (κ1) is 19.9. The van der Waals surface area contributed by atoms with Crippen molar-refractivity contribution in [3.8, 4) is 0 Å². The molecule has 0 unspecified atom stereocenters. The molecule has 0 saturated heterocycles. The van der Waals surface area contributed by atoms with E-state index in [1.807, 2.05) is 39.0 Å². The second-order valence-electron chi connectivity index (χ2n) is 5.08. The van der Waals surface area contributed by atoms with Gasteiger partial charge in [-0.15, -0.1) is 0 Å². The maximum Gasteiger partial charge on any atom is 0.261 e. The minimum absolute atomic E-state index is 0.172. The number of aryl methyl sites for hydroxylation is 1. The summed E-state index contributed by atoms with van der Waals surface area (Å²) in [7, 11) is -2.47. The quantitative estimate of drug-likeness (QED) is 0.631. The van der Waals surface area contributed by atoms with Crippen LogP contribution in [0.5, 0.6) is 0 Å². The fraction of sp³-hybridized carbons (Fsp3) is 0.333. The van der Waals surface area contributed by atoms with Crippen LogP contribution in [-0.4, -0.2) is 24.9 Å². The van der Waals surface area contributed by atoms with Crippen molar-refractivity contribution in [1.82, 2.24) is 0 Å². The van der Waals surface area contributed by atoms with Gasteiger partial charge < -0.3 is 0 Å². The molecular weight excluding hydrogens is 354 g/mol. The van der Waals surface area contributed by atoms with E-state index < -0.39 is 10.0 Å². The van der Waals surface area contributed by atoms with Crippen molar-refractivity contribution < 1.29 is 8.42 Å². The Bertz CT molecular complexity index is 793. The monoisotopic (exact) mass is 373 g/mol. The van der Waals surface area contributed by atoms with E-state index in [-0.39, 0.29) is 4.38 Å². The zero-order chi connectivity index (χ0) is 17.8. The highest BCUT2D eigenvalue weighted by Crippen LogP contribution is 2.27. The molecule has 2 N–H and O–H groups in total. The predicted molar refractivity (Wildman–Crippen MR) is 102 cm³/mol. The molecular formula is C15H20ClN3O2S2. The van der Waals surface area contributed by atoms with Crippen LogP contribution in [0.25, 0.3) is 5.70 Å². The summed E-state index contributed by atoms with van der Waals surface area (Å²) in [4.78, 5) is 8.22. The Morgan fingerprint density at radius 1 is 1.26 bits per heavy atom. The van der Waals surface area contributed by atoms with Gasteiger partial charge >= 0.3 is 0 Å². The molecule has 0 aromatic heterocycles. The summed E-state index contributed by atoms with van der Waals surface area (Å²) in [6.07, 6.45) is 0. The van der Waals surface area contributed by atoms with E-state index in [0.29, 0.717) is 10.1 Å². The van der Waals surface area contributed by atoms with Crippen LogP contribution in [-0.2, 0) is 10.0 Å². The number of allylic oxidation sites excluding steroid dienone is 1. The van der Waals surface area contributed by atoms with E-state index in [1.54, 1.807) is 6.92 Å². The molecule has 1 aromatic carbocycles. The topological polar surface area (TPSA) is 84.9 Å². The van der Waals surface area contributed by atoms with Crippen molar-refractivity contribution in [2.24, 2.45) is 15.1 Å². The highest BCUT2D eigenvalue weighted by Gasteiger charge is 2.16. The van der Waals surface area contributed by atoms with E-state index in [0.717, 1.165) is 34.2 Å². The fourth-order valence-corrected chi connectivity index (χ4v) is 3.49. The van der Waals surface area contributed by atoms with Crippen molar-refractivity contribution >= 4 is 48.5 Å². The van der Waals surface area contributed by atoms with Crippen molar-refractivity contribution in [3.05, 3.63) is 39.9 Å². The van der Waals surface area contributed by atoms with Gasteiger partial charge in [-0.3, -0.25) is 4.99 Å². The van der Waals surface area contributed by atoms with E-state index in [2.05, 4.69) is 9.98 Å². The third kappa shape index (κ3) is 5.76. The first-order valence-electron chi connectivity index (χ1n) is 6.73. The Kier molecular flexibility index (Phi) is 7.01. The smallest absolute Gasteiger partial charge is 0.261 e. The van der Waals surface area contributed by atoms with Gasteiger partial charge in [0.1, 0.15) is 0 Å². The van der Waals surface area contributed by atoms with Crippen LogP contribution in [0.1, 0.15) is 31.9 Å². The lowest BCUT2D eigenvalue weighted by atomic mass is 10.1. The minimum atomic E-state index is -3.85. The molecule has 0 radical (unpaired) electrons. The summed E-state index contributed by atoms with van der Waals surface area (Å²) in [6.45, 7) is 7.49. The number of aliphatic imine (C=N–C) groups is 2. The van der Waals surface area contributed by atoms with Gasteiger partial charge in [0, 0.05) is 17.6 Å². The van der Waals surface area contributed by atoms with Gasteiger partial charge in [-0.25, -0.2) is 18.5 Å². The number of primary sulfonamides is 1. The van der Waals surface area contributed by atoms with Crippen LogP contribution in [0.15, 0.2) is 33.8 Å². The second kappa shape index (κ2) is 8.10. The number of benzene rings is 1. The summed E-state index contributed by atoms with van der Waals surface area (Å²) in [6, 6.07) is 5.69. The molecule has 0 aliphatic rings. The number of sulfonamides is 1. The standard InChI is InChI=1S/C15H20ClN3O2S2/c1-9(2)14(12-7-6-10(3)13(16)8-12)19-11(4)22-15(18-5)23(17,20)21/h6-8H,1-5H3,(H2,17,20,21). The van der Waals surface area contributed by atoms with Crippen LogP contribution in [0.2, 0.25) is 5.02 Å². The zero-order valence-electron chi connectivity index (χ0n) is 13.7. The number of rotatable bonds is 2. The maximum absolute atomic E-state index is 11.4. The number of thioether (sulfide) groups is 1. The van der Waals surface area contributed by atoms with Crippen molar-refractivity contribution in [2.75, 3.05) is 7.05 Å². The van der Waals surface area contributed by atoms with Crippen LogP contribution >= 0.6 is 23.4 Å². The average molecular weight is 374 g/mol. The Balaban J connectivity index is 3.23. The molecule has 0 aliphatic heterocycles. The highest BCUT2D eigenvalue weighted by atomic mass is 35.5. The lowest BCUT2D eigenvalue weighted by Gasteiger charge is -2.09. The van der Waals surface area contributed by atoms with E-state index >= 15 is 0 Å². The molecule has 0 aliphatic carbocycles. The molecule has 5 nitrogen and oxygen atoms in total. The SMILES string of the molecule is CN=C(SC(C)=NC(=C(C)C)c1ccc(C)c(Cl)c1)S(N)(=O)=O. The van der Waals surface area contributed by atoms with Crippen LogP contribution in [0, 0.1) is 6.92 Å². The lowest BCUT2D eigenvalue weighted by molar-refractivity contribution is 0.609. The lowest BCUT2D eigenvalue weighted by Crippen LogP contribution is -2.21. The first-order chi connectivity index (χ1) is 10.6. The molecule has 8 heteroatoms. The van der Waals surface area contributed by atoms with Gasteiger partial charge in [-0.1, -0.05) is 29.3 Å². The number of halogens is 1. The van der Waals surface area contributed by atoms with E-state index in [1.165, 1.54) is 7.05 Å². The summed E-state index contributed by atoms with van der Waals surface area (Å²) < 4.78 is 22.7. The van der Waals surface area contributed by atoms with Gasteiger partial charge in [0.15, 0.2) is 0 Å². The van der Waals surface area contributed by atoms with E-state index in [9.17, 15) is 8.42 Å². The summed E-state index contributed by atoms with van der Waals surface area (Å²) in [5.41, 5.74) is 3.57. The molecule has 0 saturated carbocycles. The van der Waals surface area contributed by atoms with Gasteiger partial charge in [-0.2, -0.15) is 0 Å². The number of hydrogen-bond donors (Lipinski definition) is 1. The Morgan fingerprint density at radius 2 is 1.87 bits per heavy atom. The minimum Gasteiger partial charge on any atom is -0.269 e. The van der Waals surface area contributed by atoms with Gasteiger partial charge in [0.05, 0.1) is 10.7 Å². The van der Waals surface area contributed by atoms with Gasteiger partial charge in [-0.05, 0) is 51.1 Å². The Labute approximate surface area is 146 Å². The number of nitrogens with zero attached hydrogens (tertiary/aromatic N) is 2. The molecule has 126 valence electrons. The highest BCUT2D eigenvalue weighted by molar-refractivity contribution is 8.41. The van der Waals surface area contributed by atoms with Crippen molar-refractivity contribution in [3.63, 3.8) is 0 Å². The van der Waals surface area contributed by atoms with Crippen LogP contribution < -0.4 is 5.14 Å². The average Bonchev–Trinajstić information content (AvgIpc) is 2.43. The predicted octanol–water partition coefficient (Wildman–Crippen LogP) is 3.83. The molecule has 0 spiro atoms. The molecule has 0 amide bonds. The third-order valence-corrected chi connectivity index (χ3v) is 5.62. The number of nitrogens with two attached hydrogens (primary N) is 1. The van der Waals surface area contributed by atoms with Crippen LogP contribution in [0.4, 0.5) is 0 Å². The normalized spacial score (nSPS) is 13.2. The summed E-state index contributed by atoms with van der Waals surface area (Å²) >= 11 is 7.09. The Hall–Kier alpha value is -1.15. The summed E-state index contributed by atoms with van der Waals surface area (Å²) in [5, 5.41) is 6.29. The molecule has 1 rings (SSSR count). The molecule has 23 heavy (non-hydrogen) atoms. The zero-order valence-corrected chi connectivity index (χ0v) is 16.1. The molecule has 1 aromatic rings. The van der Waals surface area contributed by atoms with Gasteiger partial charge in [0.25, 0.3) is 10.0 Å².